The lowest BCUT2D eigenvalue weighted by molar-refractivity contribution is -0.00202. The highest BCUT2D eigenvalue weighted by molar-refractivity contribution is 6.30. The van der Waals surface area contributed by atoms with E-state index in [0.29, 0.717) is 54.7 Å². The number of nitrogens with zero attached hydrogens (tertiary/aromatic N) is 5. The number of aryl methyl sites for hydroxylation is 1. The Bertz CT molecular complexity index is 1190. The Labute approximate surface area is 196 Å². The Morgan fingerprint density at radius 2 is 1.64 bits per heavy atom. The van der Waals surface area contributed by atoms with Gasteiger partial charge in [0.25, 0.3) is 11.8 Å². The molecule has 0 aliphatic carbocycles. The molecule has 1 atom stereocenters. The highest BCUT2D eigenvalue weighted by Gasteiger charge is 2.32. The van der Waals surface area contributed by atoms with Gasteiger partial charge in [0.05, 0.1) is 18.8 Å². The van der Waals surface area contributed by atoms with Gasteiger partial charge in [-0.05, 0) is 36.2 Å². The molecule has 0 bridgehead atoms. The van der Waals surface area contributed by atoms with Crippen LogP contribution in [0, 0.1) is 6.92 Å². The van der Waals surface area contributed by atoms with Crippen LogP contribution in [-0.4, -0.2) is 62.8 Å². The van der Waals surface area contributed by atoms with Gasteiger partial charge < -0.3 is 14.5 Å². The fourth-order valence-electron chi connectivity index (χ4n) is 4.30. The summed E-state index contributed by atoms with van der Waals surface area (Å²) in [5.41, 5.74) is 3.67. The zero-order valence-electron chi connectivity index (χ0n) is 18.3. The van der Waals surface area contributed by atoms with E-state index in [9.17, 15) is 9.59 Å². The van der Waals surface area contributed by atoms with E-state index >= 15 is 0 Å². The summed E-state index contributed by atoms with van der Waals surface area (Å²) in [7, 11) is 0. The number of hydrogen-bond donors (Lipinski definition) is 0. The molecule has 0 unspecified atom stereocenters. The van der Waals surface area contributed by atoms with Crippen molar-refractivity contribution in [2.24, 2.45) is 0 Å². The van der Waals surface area contributed by atoms with Crippen LogP contribution in [0.15, 0.2) is 48.5 Å². The third-order valence-electron chi connectivity index (χ3n) is 6.27. The summed E-state index contributed by atoms with van der Waals surface area (Å²) in [4.78, 5) is 29.5. The Hall–Kier alpha value is -3.23. The second-order valence-corrected chi connectivity index (χ2v) is 8.75. The largest absolute Gasteiger partial charge is 0.365 e. The number of halogens is 1. The van der Waals surface area contributed by atoms with E-state index < -0.39 is 0 Å². The average molecular weight is 466 g/mol. The first kappa shape index (κ1) is 21.6. The molecule has 0 radical (unpaired) electrons. The van der Waals surface area contributed by atoms with Crippen molar-refractivity contribution in [3.05, 3.63) is 81.6 Å². The summed E-state index contributed by atoms with van der Waals surface area (Å²) in [5.74, 6) is -0.171. The first-order chi connectivity index (χ1) is 16.0. The lowest BCUT2D eigenvalue weighted by atomic mass is 10.1. The van der Waals surface area contributed by atoms with Crippen LogP contribution in [0.2, 0.25) is 5.02 Å². The van der Waals surface area contributed by atoms with Crippen LogP contribution in [0.25, 0.3) is 0 Å². The van der Waals surface area contributed by atoms with Crippen molar-refractivity contribution in [1.29, 1.82) is 0 Å². The molecule has 0 N–H and O–H groups in total. The van der Waals surface area contributed by atoms with Crippen LogP contribution in [-0.2, 0) is 17.9 Å². The van der Waals surface area contributed by atoms with Crippen LogP contribution < -0.4 is 0 Å². The van der Waals surface area contributed by atoms with E-state index in [1.807, 2.05) is 55.5 Å². The van der Waals surface area contributed by atoms with Gasteiger partial charge in [-0.15, -0.1) is 5.10 Å². The standard InChI is InChI=1S/C24H24ClN5O3/c1-16-4-2-3-5-19(16)23(31)28-10-12-29(13-11-28)24(32)22-20-15-33-21(14-30(20)27-26-22)17-6-8-18(25)9-7-17/h2-9,21H,10-15H2,1H3/t21-/m0/s1. The van der Waals surface area contributed by atoms with Crippen LogP contribution in [0.4, 0.5) is 0 Å². The molecule has 8 nitrogen and oxygen atoms in total. The first-order valence-corrected chi connectivity index (χ1v) is 11.3. The Kier molecular flexibility index (Phi) is 5.86. The lowest BCUT2D eigenvalue weighted by Gasteiger charge is -2.35. The third kappa shape index (κ3) is 4.24. The summed E-state index contributed by atoms with van der Waals surface area (Å²) in [5, 5.41) is 9.05. The van der Waals surface area contributed by atoms with Gasteiger partial charge in [0.15, 0.2) is 5.69 Å². The van der Waals surface area contributed by atoms with Crippen molar-refractivity contribution < 1.29 is 14.3 Å². The number of amides is 2. The molecule has 33 heavy (non-hydrogen) atoms. The highest BCUT2D eigenvalue weighted by atomic mass is 35.5. The molecule has 2 aliphatic heterocycles. The van der Waals surface area contributed by atoms with Gasteiger partial charge in [0.2, 0.25) is 0 Å². The molecule has 3 aromatic rings. The number of piperazine rings is 1. The van der Waals surface area contributed by atoms with E-state index in [-0.39, 0.29) is 24.5 Å². The van der Waals surface area contributed by atoms with Gasteiger partial charge in [0, 0.05) is 36.8 Å². The molecule has 170 valence electrons. The Balaban J connectivity index is 1.23. The lowest BCUT2D eigenvalue weighted by Crippen LogP contribution is -2.51. The Morgan fingerprint density at radius 1 is 0.970 bits per heavy atom. The molecule has 1 saturated heterocycles. The minimum absolute atomic E-state index is 0.00266. The van der Waals surface area contributed by atoms with Crippen molar-refractivity contribution >= 4 is 23.4 Å². The molecule has 0 spiro atoms. The van der Waals surface area contributed by atoms with Gasteiger partial charge in [-0.2, -0.15) is 0 Å². The van der Waals surface area contributed by atoms with E-state index in [2.05, 4.69) is 10.3 Å². The highest BCUT2D eigenvalue weighted by Crippen LogP contribution is 2.28. The summed E-state index contributed by atoms with van der Waals surface area (Å²) in [6.07, 6.45) is -0.171. The second kappa shape index (κ2) is 8.96. The molecule has 0 saturated carbocycles. The van der Waals surface area contributed by atoms with Crippen molar-refractivity contribution in [2.45, 2.75) is 26.2 Å². The minimum Gasteiger partial charge on any atom is -0.365 e. The van der Waals surface area contributed by atoms with Crippen molar-refractivity contribution in [3.63, 3.8) is 0 Å². The van der Waals surface area contributed by atoms with Gasteiger partial charge in [-0.1, -0.05) is 47.1 Å². The average Bonchev–Trinajstić information content (AvgIpc) is 3.27. The molecular weight excluding hydrogens is 442 g/mol. The van der Waals surface area contributed by atoms with Crippen molar-refractivity contribution in [2.75, 3.05) is 26.2 Å². The van der Waals surface area contributed by atoms with Crippen molar-refractivity contribution in [1.82, 2.24) is 24.8 Å². The first-order valence-electron chi connectivity index (χ1n) is 10.9. The molecule has 2 aliphatic rings. The van der Waals surface area contributed by atoms with E-state index in [1.165, 1.54) is 0 Å². The molecule has 5 rings (SSSR count). The summed E-state index contributed by atoms with van der Waals surface area (Å²) >= 11 is 5.98. The number of hydrogen-bond acceptors (Lipinski definition) is 5. The quantitative estimate of drug-likeness (QED) is 0.593. The van der Waals surface area contributed by atoms with Crippen LogP contribution in [0.1, 0.15) is 43.8 Å². The predicted octanol–water partition coefficient (Wildman–Crippen LogP) is 3.11. The summed E-state index contributed by atoms with van der Waals surface area (Å²) in [6.45, 7) is 4.55. The zero-order valence-corrected chi connectivity index (χ0v) is 19.0. The van der Waals surface area contributed by atoms with E-state index in [4.69, 9.17) is 16.3 Å². The van der Waals surface area contributed by atoms with Crippen molar-refractivity contribution in [3.8, 4) is 0 Å². The number of benzene rings is 2. The Morgan fingerprint density at radius 3 is 2.33 bits per heavy atom. The SMILES string of the molecule is Cc1ccccc1C(=O)N1CCN(C(=O)c2nnn3c2CO[C@H](c2ccc(Cl)cc2)C3)CC1. The normalized spacial score (nSPS) is 18.2. The maximum atomic E-state index is 13.2. The second-order valence-electron chi connectivity index (χ2n) is 8.32. The topological polar surface area (TPSA) is 80.6 Å². The van der Waals surface area contributed by atoms with E-state index in [0.717, 1.165) is 11.1 Å². The van der Waals surface area contributed by atoms with Gasteiger partial charge in [-0.3, -0.25) is 9.59 Å². The maximum Gasteiger partial charge on any atom is 0.276 e. The minimum atomic E-state index is -0.173. The van der Waals surface area contributed by atoms with Crippen LogP contribution in [0.3, 0.4) is 0 Å². The van der Waals surface area contributed by atoms with E-state index in [1.54, 1.807) is 14.5 Å². The van der Waals surface area contributed by atoms with Crippen LogP contribution >= 0.6 is 11.6 Å². The number of rotatable bonds is 3. The van der Waals surface area contributed by atoms with Gasteiger partial charge in [-0.25, -0.2) is 4.68 Å². The van der Waals surface area contributed by atoms with Gasteiger partial charge >= 0.3 is 0 Å². The number of carbonyl (C=O) groups is 2. The van der Waals surface area contributed by atoms with Gasteiger partial charge in [0.1, 0.15) is 6.10 Å². The number of ether oxygens (including phenoxy) is 1. The number of fused-ring (bicyclic) bond motifs is 1. The summed E-state index contributed by atoms with van der Waals surface area (Å²) in [6, 6.07) is 15.1. The molecule has 2 aromatic carbocycles. The predicted molar refractivity (Wildman–Crippen MR) is 122 cm³/mol. The molecule has 1 fully saturated rings. The molecule has 1 aromatic heterocycles. The number of carbonyl (C=O) groups excluding carboxylic acids is 2. The molecular formula is C24H24ClN5O3. The fraction of sp³-hybridized carbons (Fsp3) is 0.333. The molecule has 3 heterocycles. The maximum absolute atomic E-state index is 13.2. The number of aromatic nitrogens is 3. The molecule has 9 heteroatoms. The zero-order chi connectivity index (χ0) is 22.9. The van der Waals surface area contributed by atoms with Crippen LogP contribution in [0.5, 0.6) is 0 Å². The molecule has 2 amide bonds. The smallest absolute Gasteiger partial charge is 0.276 e. The summed E-state index contributed by atoms with van der Waals surface area (Å²) < 4.78 is 7.75. The fourth-order valence-corrected chi connectivity index (χ4v) is 4.43. The monoisotopic (exact) mass is 465 g/mol. The third-order valence-corrected chi connectivity index (χ3v) is 6.52.